The highest BCUT2D eigenvalue weighted by Gasteiger charge is 2.12. The summed E-state index contributed by atoms with van der Waals surface area (Å²) in [6.07, 6.45) is 1.72. The molecule has 0 amide bonds. The van der Waals surface area contributed by atoms with Gasteiger partial charge in [0.05, 0.1) is 16.2 Å². The SMILES string of the molecule is Cc1c(N=Cc2cccs2)cccc1[N+](=O)[O-]. The van der Waals surface area contributed by atoms with Crippen LogP contribution >= 0.6 is 11.3 Å². The smallest absolute Gasteiger partial charge is 0.258 e. The number of benzene rings is 1. The van der Waals surface area contributed by atoms with E-state index in [1.54, 1.807) is 36.6 Å². The molecule has 1 heterocycles. The van der Waals surface area contributed by atoms with E-state index in [1.165, 1.54) is 6.07 Å². The van der Waals surface area contributed by atoms with E-state index in [1.807, 2.05) is 17.5 Å². The molecule has 4 nitrogen and oxygen atoms in total. The highest BCUT2D eigenvalue weighted by molar-refractivity contribution is 7.11. The second kappa shape index (κ2) is 4.88. The van der Waals surface area contributed by atoms with Crippen molar-refractivity contribution in [1.29, 1.82) is 0 Å². The molecule has 0 N–H and O–H groups in total. The second-order valence-electron chi connectivity index (χ2n) is 3.45. The molecule has 5 heteroatoms. The predicted octanol–water partition coefficient (Wildman–Crippen LogP) is 3.72. The molecular weight excluding hydrogens is 236 g/mol. The molecule has 0 spiro atoms. The summed E-state index contributed by atoms with van der Waals surface area (Å²) >= 11 is 1.58. The third kappa shape index (κ3) is 2.57. The third-order valence-electron chi connectivity index (χ3n) is 2.35. The van der Waals surface area contributed by atoms with E-state index in [2.05, 4.69) is 4.99 Å². The van der Waals surface area contributed by atoms with Crippen molar-refractivity contribution in [3.05, 3.63) is 56.3 Å². The van der Waals surface area contributed by atoms with Crippen LogP contribution in [-0.2, 0) is 0 Å². The summed E-state index contributed by atoms with van der Waals surface area (Å²) in [4.78, 5) is 15.7. The van der Waals surface area contributed by atoms with Crippen LogP contribution in [0.5, 0.6) is 0 Å². The van der Waals surface area contributed by atoms with Crippen molar-refractivity contribution in [2.24, 2.45) is 4.99 Å². The number of aliphatic imine (C=N–C) groups is 1. The van der Waals surface area contributed by atoms with Gasteiger partial charge in [-0.2, -0.15) is 0 Å². The molecule has 0 bridgehead atoms. The van der Waals surface area contributed by atoms with Gasteiger partial charge in [0.1, 0.15) is 0 Å². The van der Waals surface area contributed by atoms with Crippen LogP contribution in [0.25, 0.3) is 0 Å². The first-order valence-electron chi connectivity index (χ1n) is 5.00. The van der Waals surface area contributed by atoms with Gasteiger partial charge in [0.15, 0.2) is 0 Å². The van der Waals surface area contributed by atoms with Gasteiger partial charge in [-0.1, -0.05) is 12.1 Å². The van der Waals surface area contributed by atoms with E-state index >= 15 is 0 Å². The molecule has 17 heavy (non-hydrogen) atoms. The molecule has 0 saturated heterocycles. The summed E-state index contributed by atoms with van der Waals surface area (Å²) in [7, 11) is 0. The molecule has 0 fully saturated rings. The van der Waals surface area contributed by atoms with E-state index in [-0.39, 0.29) is 10.6 Å². The Morgan fingerprint density at radius 1 is 1.35 bits per heavy atom. The Morgan fingerprint density at radius 3 is 2.82 bits per heavy atom. The first-order valence-corrected chi connectivity index (χ1v) is 5.88. The maximum Gasteiger partial charge on any atom is 0.274 e. The number of nitrogens with zero attached hydrogens (tertiary/aromatic N) is 2. The van der Waals surface area contributed by atoms with Gasteiger partial charge in [0.25, 0.3) is 5.69 Å². The second-order valence-corrected chi connectivity index (χ2v) is 4.43. The predicted molar refractivity (Wildman–Crippen MR) is 69.4 cm³/mol. The molecule has 1 aromatic carbocycles. The zero-order chi connectivity index (χ0) is 12.3. The zero-order valence-electron chi connectivity index (χ0n) is 9.16. The molecule has 86 valence electrons. The lowest BCUT2D eigenvalue weighted by molar-refractivity contribution is -0.385. The van der Waals surface area contributed by atoms with Gasteiger partial charge in [0, 0.05) is 17.2 Å². The maximum atomic E-state index is 10.8. The summed E-state index contributed by atoms with van der Waals surface area (Å²) in [5, 5.41) is 12.7. The van der Waals surface area contributed by atoms with Crippen molar-refractivity contribution in [3.63, 3.8) is 0 Å². The van der Waals surface area contributed by atoms with Gasteiger partial charge < -0.3 is 0 Å². The monoisotopic (exact) mass is 246 g/mol. The number of hydrogen-bond donors (Lipinski definition) is 0. The fourth-order valence-electron chi connectivity index (χ4n) is 1.45. The van der Waals surface area contributed by atoms with Crippen LogP contribution in [-0.4, -0.2) is 11.1 Å². The molecule has 0 aliphatic heterocycles. The molecule has 0 radical (unpaired) electrons. The molecule has 0 atom stereocenters. The molecule has 0 saturated carbocycles. The Hall–Kier alpha value is -2.01. The summed E-state index contributed by atoms with van der Waals surface area (Å²) in [6, 6.07) is 8.78. The van der Waals surface area contributed by atoms with Gasteiger partial charge in [-0.15, -0.1) is 11.3 Å². The van der Waals surface area contributed by atoms with Crippen LogP contribution in [0.2, 0.25) is 0 Å². The van der Waals surface area contributed by atoms with Crippen molar-refractivity contribution in [1.82, 2.24) is 0 Å². The lowest BCUT2D eigenvalue weighted by Crippen LogP contribution is -1.91. The van der Waals surface area contributed by atoms with Crippen LogP contribution in [0, 0.1) is 17.0 Å². The summed E-state index contributed by atoms with van der Waals surface area (Å²) < 4.78 is 0. The van der Waals surface area contributed by atoms with Gasteiger partial charge in [-0.25, -0.2) is 0 Å². The van der Waals surface area contributed by atoms with Crippen molar-refractivity contribution < 1.29 is 4.92 Å². The summed E-state index contributed by atoms with van der Waals surface area (Å²) in [5.74, 6) is 0. The van der Waals surface area contributed by atoms with Crippen LogP contribution in [0.15, 0.2) is 40.7 Å². The minimum absolute atomic E-state index is 0.103. The lowest BCUT2D eigenvalue weighted by Gasteiger charge is -2.00. The maximum absolute atomic E-state index is 10.8. The van der Waals surface area contributed by atoms with Crippen LogP contribution in [0.4, 0.5) is 11.4 Å². The summed E-state index contributed by atoms with van der Waals surface area (Å²) in [6.45, 7) is 1.71. The van der Waals surface area contributed by atoms with E-state index in [4.69, 9.17) is 0 Å². The highest BCUT2D eigenvalue weighted by Crippen LogP contribution is 2.27. The molecule has 2 rings (SSSR count). The minimum atomic E-state index is -0.389. The largest absolute Gasteiger partial charge is 0.274 e. The quantitative estimate of drug-likeness (QED) is 0.471. The van der Waals surface area contributed by atoms with E-state index in [0.29, 0.717) is 11.3 Å². The summed E-state index contributed by atoms with van der Waals surface area (Å²) in [5.41, 5.74) is 1.32. The number of thiophene rings is 1. The van der Waals surface area contributed by atoms with E-state index in [0.717, 1.165) is 4.88 Å². The van der Waals surface area contributed by atoms with Crippen molar-refractivity contribution in [3.8, 4) is 0 Å². The normalized spacial score (nSPS) is 10.9. The average Bonchev–Trinajstić information content (AvgIpc) is 2.80. The Balaban J connectivity index is 2.34. The third-order valence-corrected chi connectivity index (χ3v) is 3.15. The van der Waals surface area contributed by atoms with Gasteiger partial charge in [-0.3, -0.25) is 15.1 Å². The molecule has 0 aliphatic carbocycles. The molecular formula is C12H10N2O2S. The first kappa shape index (κ1) is 11.5. The Morgan fingerprint density at radius 2 is 2.18 bits per heavy atom. The van der Waals surface area contributed by atoms with Gasteiger partial charge in [-0.05, 0) is 24.4 Å². The van der Waals surface area contributed by atoms with E-state index in [9.17, 15) is 10.1 Å². The van der Waals surface area contributed by atoms with Crippen LogP contribution in [0.1, 0.15) is 10.4 Å². The van der Waals surface area contributed by atoms with Crippen molar-refractivity contribution >= 4 is 28.9 Å². The first-order chi connectivity index (χ1) is 8.18. The van der Waals surface area contributed by atoms with Gasteiger partial charge in [0.2, 0.25) is 0 Å². The molecule has 1 aromatic heterocycles. The standard InChI is InChI=1S/C12H10N2O2S/c1-9-11(5-2-6-12(9)14(15)16)13-8-10-4-3-7-17-10/h2-8H,1H3. The fourth-order valence-corrected chi connectivity index (χ4v) is 2.03. The molecule has 0 aliphatic rings. The Kier molecular flexibility index (Phi) is 3.30. The highest BCUT2D eigenvalue weighted by atomic mass is 32.1. The molecule has 0 unspecified atom stereocenters. The van der Waals surface area contributed by atoms with Crippen LogP contribution < -0.4 is 0 Å². The van der Waals surface area contributed by atoms with Crippen molar-refractivity contribution in [2.75, 3.05) is 0 Å². The Bertz CT molecular complexity index is 562. The molecule has 2 aromatic rings. The average molecular weight is 246 g/mol. The number of rotatable bonds is 3. The number of nitro benzene ring substituents is 1. The van der Waals surface area contributed by atoms with E-state index < -0.39 is 0 Å². The zero-order valence-corrected chi connectivity index (χ0v) is 9.98. The van der Waals surface area contributed by atoms with Gasteiger partial charge >= 0.3 is 0 Å². The Labute approximate surface area is 102 Å². The number of nitro groups is 1. The fraction of sp³-hybridized carbons (Fsp3) is 0.0833. The lowest BCUT2D eigenvalue weighted by atomic mass is 10.1. The topological polar surface area (TPSA) is 55.5 Å². The van der Waals surface area contributed by atoms with Crippen molar-refractivity contribution in [2.45, 2.75) is 6.92 Å². The minimum Gasteiger partial charge on any atom is -0.258 e. The number of hydrogen-bond acceptors (Lipinski definition) is 4. The van der Waals surface area contributed by atoms with Crippen LogP contribution in [0.3, 0.4) is 0 Å².